The second kappa shape index (κ2) is 7.19. The van der Waals surface area contributed by atoms with Crippen LogP contribution in [0, 0.1) is 0 Å². The third-order valence-corrected chi connectivity index (χ3v) is 3.87. The first kappa shape index (κ1) is 16.1. The van der Waals surface area contributed by atoms with Crippen molar-refractivity contribution in [1.29, 1.82) is 0 Å². The van der Waals surface area contributed by atoms with Gasteiger partial charge in [0.1, 0.15) is 18.1 Å². The van der Waals surface area contributed by atoms with Gasteiger partial charge in [-0.2, -0.15) is 0 Å². The lowest BCUT2D eigenvalue weighted by Crippen LogP contribution is -2.23. The Morgan fingerprint density at radius 1 is 1.21 bits per heavy atom. The summed E-state index contributed by atoms with van der Waals surface area (Å²) in [5, 5.41) is 2.57. The van der Waals surface area contributed by atoms with E-state index in [9.17, 15) is 9.59 Å². The predicted molar refractivity (Wildman–Crippen MR) is 89.5 cm³/mol. The van der Waals surface area contributed by atoms with Crippen molar-refractivity contribution in [2.24, 2.45) is 0 Å². The molecule has 24 heavy (non-hydrogen) atoms. The second-order valence-corrected chi connectivity index (χ2v) is 5.40. The van der Waals surface area contributed by atoms with Crippen LogP contribution in [-0.2, 0) is 32.2 Å². The van der Waals surface area contributed by atoms with Crippen molar-refractivity contribution in [2.45, 2.75) is 20.0 Å². The molecule has 0 atom stereocenters. The highest BCUT2D eigenvalue weighted by molar-refractivity contribution is 6.67. The Morgan fingerprint density at radius 2 is 2.00 bits per heavy atom. The van der Waals surface area contributed by atoms with E-state index in [-0.39, 0.29) is 13.5 Å². The number of carbonyl (C=O) groups excluding carboxylic acids is 2. The zero-order valence-electron chi connectivity index (χ0n) is 13.2. The van der Waals surface area contributed by atoms with Crippen molar-refractivity contribution in [3.8, 4) is 11.5 Å². The number of hydrogen-bond donors (Lipinski definition) is 1. The monoisotopic (exact) mass is 325 g/mol. The summed E-state index contributed by atoms with van der Waals surface area (Å²) in [7, 11) is 0. The van der Waals surface area contributed by atoms with Gasteiger partial charge in [0.05, 0.1) is 6.61 Å². The molecule has 0 saturated carbocycles. The molecule has 1 N–H and O–H groups in total. The Labute approximate surface area is 139 Å². The van der Waals surface area contributed by atoms with Crippen LogP contribution in [-0.4, -0.2) is 19.8 Å². The van der Waals surface area contributed by atoms with Gasteiger partial charge in [0.15, 0.2) is 0 Å². The molecule has 0 bridgehead atoms. The fraction of sp³-hybridized carbons (Fsp3) is 0.176. The van der Waals surface area contributed by atoms with Gasteiger partial charge in [0.25, 0.3) is 6.47 Å². The minimum absolute atomic E-state index is 0.0480. The van der Waals surface area contributed by atoms with Crippen molar-refractivity contribution in [3.05, 3.63) is 47.5 Å². The van der Waals surface area contributed by atoms with Crippen LogP contribution >= 0.6 is 0 Å². The molecule has 0 spiro atoms. The van der Waals surface area contributed by atoms with Crippen LogP contribution < -0.4 is 15.5 Å². The van der Waals surface area contributed by atoms with Crippen molar-refractivity contribution in [2.75, 3.05) is 5.32 Å². The number of fused-ring (bicyclic) bond motifs is 1. The fourth-order valence-corrected chi connectivity index (χ4v) is 2.69. The molecule has 1 aliphatic rings. The number of ether oxygens (including phenoxy) is 2. The standard InChI is InChI=1S/C17H16BNO5/c1-18-16-4-2-14(6-12(16)9-23-18)24-15-3-5-17(19-10-20)13(7-15)8-22-11-21/h2-7,10-11H,8-9H2,1H3,(H,19,20). The molecule has 0 aromatic heterocycles. The van der Waals surface area contributed by atoms with Gasteiger partial charge in [-0.15, -0.1) is 0 Å². The molecule has 0 radical (unpaired) electrons. The maximum Gasteiger partial charge on any atom is 0.324 e. The quantitative estimate of drug-likeness (QED) is 0.623. The molecule has 122 valence electrons. The summed E-state index contributed by atoms with van der Waals surface area (Å²) in [6, 6.07) is 11.0. The van der Waals surface area contributed by atoms with E-state index in [0.29, 0.717) is 42.2 Å². The third kappa shape index (κ3) is 3.41. The molecule has 0 saturated heterocycles. The first-order chi connectivity index (χ1) is 11.7. The highest BCUT2D eigenvalue weighted by Gasteiger charge is 2.23. The Bertz CT molecular complexity index is 765. The maximum absolute atomic E-state index is 10.6. The number of carbonyl (C=O) groups is 2. The molecule has 2 aromatic rings. The number of nitrogens with one attached hydrogen (secondary N) is 1. The average Bonchev–Trinajstić information content (AvgIpc) is 2.95. The van der Waals surface area contributed by atoms with Crippen molar-refractivity contribution in [1.82, 2.24) is 0 Å². The molecule has 7 heteroatoms. The molecule has 6 nitrogen and oxygen atoms in total. The zero-order chi connectivity index (χ0) is 16.9. The lowest BCUT2D eigenvalue weighted by molar-refractivity contribution is -0.129. The summed E-state index contributed by atoms with van der Waals surface area (Å²) < 4.78 is 16.2. The molecule has 0 aliphatic carbocycles. The molecule has 1 heterocycles. The highest BCUT2D eigenvalue weighted by atomic mass is 16.5. The van der Waals surface area contributed by atoms with Crippen LogP contribution in [0.5, 0.6) is 11.5 Å². The number of benzene rings is 2. The Kier molecular flexibility index (Phi) is 4.81. The number of hydrogen-bond acceptors (Lipinski definition) is 5. The molecular formula is C17H16BNO5. The largest absolute Gasteiger partial charge is 0.463 e. The van der Waals surface area contributed by atoms with Gasteiger partial charge in [-0.3, -0.25) is 9.59 Å². The molecule has 2 aromatic carbocycles. The normalized spacial score (nSPS) is 12.5. The van der Waals surface area contributed by atoms with Gasteiger partial charge in [-0.05, 0) is 41.4 Å². The first-order valence-corrected chi connectivity index (χ1v) is 7.52. The minimum Gasteiger partial charge on any atom is -0.463 e. The molecule has 0 fully saturated rings. The van der Waals surface area contributed by atoms with E-state index in [1.165, 1.54) is 5.46 Å². The summed E-state index contributed by atoms with van der Waals surface area (Å²) in [6.45, 7) is 3.11. The predicted octanol–water partition coefficient (Wildman–Crippen LogP) is 2.08. The van der Waals surface area contributed by atoms with Crippen LogP contribution in [0.2, 0.25) is 6.82 Å². The number of anilines is 1. The third-order valence-electron chi connectivity index (χ3n) is 3.87. The van der Waals surface area contributed by atoms with E-state index in [0.717, 1.165) is 5.56 Å². The van der Waals surface area contributed by atoms with E-state index < -0.39 is 0 Å². The van der Waals surface area contributed by atoms with Gasteiger partial charge in [-0.1, -0.05) is 12.9 Å². The first-order valence-electron chi connectivity index (χ1n) is 7.52. The van der Waals surface area contributed by atoms with Crippen LogP contribution in [0.4, 0.5) is 5.69 Å². The SMILES string of the molecule is CB1OCc2cc(Oc3ccc(NC=O)c(COC=O)c3)ccc21. The molecule has 1 aliphatic heterocycles. The van der Waals surface area contributed by atoms with Crippen LogP contribution in [0.25, 0.3) is 0 Å². The molecular weight excluding hydrogens is 309 g/mol. The summed E-state index contributed by atoms with van der Waals surface area (Å²) >= 11 is 0. The Hall–Kier alpha value is -2.80. The van der Waals surface area contributed by atoms with Crippen LogP contribution in [0.15, 0.2) is 36.4 Å². The maximum atomic E-state index is 10.6. The molecule has 3 rings (SSSR count). The topological polar surface area (TPSA) is 73.9 Å². The fourth-order valence-electron chi connectivity index (χ4n) is 2.69. The summed E-state index contributed by atoms with van der Waals surface area (Å²) in [4.78, 5) is 21.0. The summed E-state index contributed by atoms with van der Waals surface area (Å²) in [5.41, 5.74) is 3.50. The van der Waals surface area contributed by atoms with Gasteiger partial charge in [0, 0.05) is 11.3 Å². The smallest absolute Gasteiger partial charge is 0.324 e. The van der Waals surface area contributed by atoms with E-state index in [4.69, 9.17) is 14.1 Å². The Balaban J connectivity index is 1.82. The lowest BCUT2D eigenvalue weighted by atomic mass is 9.64. The lowest BCUT2D eigenvalue weighted by Gasteiger charge is -2.12. The Morgan fingerprint density at radius 3 is 2.79 bits per heavy atom. The van der Waals surface area contributed by atoms with Crippen molar-refractivity contribution in [3.63, 3.8) is 0 Å². The zero-order valence-corrected chi connectivity index (χ0v) is 13.2. The van der Waals surface area contributed by atoms with Crippen molar-refractivity contribution < 1.29 is 23.7 Å². The van der Waals surface area contributed by atoms with E-state index >= 15 is 0 Å². The number of amides is 1. The highest BCUT2D eigenvalue weighted by Crippen LogP contribution is 2.28. The minimum atomic E-state index is 0.0480. The summed E-state index contributed by atoms with van der Waals surface area (Å²) in [6.07, 6.45) is 0.571. The van der Waals surface area contributed by atoms with E-state index in [2.05, 4.69) is 5.32 Å². The van der Waals surface area contributed by atoms with Crippen LogP contribution in [0.1, 0.15) is 11.1 Å². The summed E-state index contributed by atoms with van der Waals surface area (Å²) in [5.74, 6) is 1.28. The van der Waals surface area contributed by atoms with Gasteiger partial charge < -0.3 is 19.4 Å². The van der Waals surface area contributed by atoms with E-state index in [1.807, 2.05) is 25.0 Å². The number of rotatable bonds is 7. The van der Waals surface area contributed by atoms with Gasteiger partial charge in [0.2, 0.25) is 6.41 Å². The van der Waals surface area contributed by atoms with Crippen molar-refractivity contribution >= 4 is 30.9 Å². The molecule has 1 amide bonds. The average molecular weight is 325 g/mol. The van der Waals surface area contributed by atoms with Gasteiger partial charge >= 0.3 is 6.92 Å². The van der Waals surface area contributed by atoms with E-state index in [1.54, 1.807) is 18.2 Å². The second-order valence-electron chi connectivity index (χ2n) is 5.40. The van der Waals surface area contributed by atoms with Gasteiger partial charge in [-0.25, -0.2) is 0 Å². The van der Waals surface area contributed by atoms with Crippen LogP contribution in [0.3, 0.4) is 0 Å². The molecule has 0 unspecified atom stereocenters.